The van der Waals surface area contributed by atoms with Crippen LogP contribution in [0.4, 0.5) is 0 Å². The molecular weight excluding hydrogens is 326 g/mol. The topological polar surface area (TPSA) is 51.4 Å². The Morgan fingerprint density at radius 3 is 2.73 bits per heavy atom. The molecule has 1 aliphatic heterocycles. The van der Waals surface area contributed by atoms with E-state index in [0.29, 0.717) is 17.9 Å². The molecule has 2 heterocycles. The summed E-state index contributed by atoms with van der Waals surface area (Å²) >= 11 is 0. The number of fused-ring (bicyclic) bond motifs is 1. The SMILES string of the molecule is Cc1nnc([C@@H]2Cc3ccccc3CN2CCO[C@H]2CCCC[C@@H]2C)o1. The second kappa shape index (κ2) is 7.89. The lowest BCUT2D eigenvalue weighted by Crippen LogP contribution is -2.38. The number of hydrogen-bond acceptors (Lipinski definition) is 5. The van der Waals surface area contributed by atoms with Gasteiger partial charge in [-0.25, -0.2) is 0 Å². The van der Waals surface area contributed by atoms with Crippen LogP contribution in [0.15, 0.2) is 28.7 Å². The number of benzene rings is 1. The molecule has 1 aromatic heterocycles. The van der Waals surface area contributed by atoms with Crippen molar-refractivity contribution in [1.29, 1.82) is 0 Å². The fraction of sp³-hybridized carbons (Fsp3) is 0.619. The zero-order valence-electron chi connectivity index (χ0n) is 15.9. The van der Waals surface area contributed by atoms with Gasteiger partial charge in [-0.05, 0) is 36.3 Å². The number of aromatic nitrogens is 2. The Labute approximate surface area is 155 Å². The van der Waals surface area contributed by atoms with Gasteiger partial charge in [-0.15, -0.1) is 10.2 Å². The Morgan fingerprint density at radius 2 is 1.96 bits per heavy atom. The summed E-state index contributed by atoms with van der Waals surface area (Å²) in [7, 11) is 0. The molecule has 3 atom stereocenters. The van der Waals surface area contributed by atoms with Gasteiger partial charge in [0.15, 0.2) is 0 Å². The quantitative estimate of drug-likeness (QED) is 0.809. The molecule has 2 aliphatic rings. The zero-order valence-corrected chi connectivity index (χ0v) is 15.9. The van der Waals surface area contributed by atoms with Gasteiger partial charge in [0.1, 0.15) is 0 Å². The summed E-state index contributed by atoms with van der Waals surface area (Å²) in [5.41, 5.74) is 2.78. The molecule has 1 aromatic carbocycles. The van der Waals surface area contributed by atoms with E-state index in [2.05, 4.69) is 46.3 Å². The van der Waals surface area contributed by atoms with Crippen molar-refractivity contribution in [3.8, 4) is 0 Å². The van der Waals surface area contributed by atoms with Crippen molar-refractivity contribution < 1.29 is 9.15 Å². The molecule has 0 saturated heterocycles. The molecule has 26 heavy (non-hydrogen) atoms. The van der Waals surface area contributed by atoms with Crippen molar-refractivity contribution in [3.63, 3.8) is 0 Å². The number of hydrogen-bond donors (Lipinski definition) is 0. The van der Waals surface area contributed by atoms with E-state index in [1.165, 1.54) is 36.8 Å². The summed E-state index contributed by atoms with van der Waals surface area (Å²) < 4.78 is 12.0. The van der Waals surface area contributed by atoms with Crippen LogP contribution in [-0.4, -0.2) is 34.4 Å². The van der Waals surface area contributed by atoms with Crippen molar-refractivity contribution in [2.24, 2.45) is 5.92 Å². The monoisotopic (exact) mass is 355 g/mol. The maximum absolute atomic E-state index is 6.27. The number of ether oxygens (including phenoxy) is 1. The van der Waals surface area contributed by atoms with Gasteiger partial charge in [-0.1, -0.05) is 44.0 Å². The van der Waals surface area contributed by atoms with Gasteiger partial charge in [-0.2, -0.15) is 0 Å². The van der Waals surface area contributed by atoms with Crippen molar-refractivity contribution in [3.05, 3.63) is 47.2 Å². The molecule has 0 amide bonds. The summed E-state index contributed by atoms with van der Waals surface area (Å²) in [6, 6.07) is 8.80. The summed E-state index contributed by atoms with van der Waals surface area (Å²) in [4.78, 5) is 2.43. The Balaban J connectivity index is 1.45. The first-order chi connectivity index (χ1) is 12.7. The Kier molecular flexibility index (Phi) is 5.36. The molecule has 5 heteroatoms. The number of rotatable bonds is 5. The third-order valence-corrected chi connectivity index (χ3v) is 5.92. The van der Waals surface area contributed by atoms with Crippen LogP contribution < -0.4 is 0 Å². The molecule has 1 saturated carbocycles. The van der Waals surface area contributed by atoms with Crippen molar-refractivity contribution >= 4 is 0 Å². The van der Waals surface area contributed by atoms with Crippen molar-refractivity contribution in [2.75, 3.05) is 13.2 Å². The highest BCUT2D eigenvalue weighted by Crippen LogP contribution is 2.33. The van der Waals surface area contributed by atoms with E-state index < -0.39 is 0 Å². The van der Waals surface area contributed by atoms with Gasteiger partial charge in [0.25, 0.3) is 0 Å². The minimum atomic E-state index is 0.137. The maximum atomic E-state index is 6.27. The molecule has 0 bridgehead atoms. The number of aryl methyl sites for hydroxylation is 1. The standard InChI is InChI=1S/C21H29N3O2/c1-15-7-3-6-10-20(15)25-12-11-24-14-18-9-5-4-8-17(18)13-19(24)21-23-22-16(2)26-21/h4-5,8-9,15,19-20H,3,6-7,10-14H2,1-2H3/t15-,19-,20-/m0/s1. The van der Waals surface area contributed by atoms with Crippen LogP contribution in [0.2, 0.25) is 0 Å². The van der Waals surface area contributed by atoms with E-state index in [-0.39, 0.29) is 6.04 Å². The molecule has 0 unspecified atom stereocenters. The molecule has 0 spiro atoms. The lowest BCUT2D eigenvalue weighted by atomic mass is 9.88. The second-order valence-electron chi connectivity index (χ2n) is 7.79. The summed E-state index contributed by atoms with van der Waals surface area (Å²) in [5, 5.41) is 8.34. The molecular formula is C21H29N3O2. The molecule has 5 nitrogen and oxygen atoms in total. The van der Waals surface area contributed by atoms with Crippen LogP contribution in [0.1, 0.15) is 61.6 Å². The van der Waals surface area contributed by atoms with Gasteiger partial charge in [0.2, 0.25) is 11.8 Å². The Morgan fingerprint density at radius 1 is 1.15 bits per heavy atom. The highest BCUT2D eigenvalue weighted by atomic mass is 16.5. The highest BCUT2D eigenvalue weighted by molar-refractivity contribution is 5.30. The predicted octanol–water partition coefficient (Wildman–Crippen LogP) is 4.07. The predicted molar refractivity (Wildman–Crippen MR) is 99.7 cm³/mol. The fourth-order valence-electron chi connectivity index (χ4n) is 4.35. The van der Waals surface area contributed by atoms with Gasteiger partial charge in [0, 0.05) is 20.0 Å². The average Bonchev–Trinajstić information content (AvgIpc) is 3.09. The largest absolute Gasteiger partial charge is 0.424 e. The minimum absolute atomic E-state index is 0.137. The first kappa shape index (κ1) is 17.7. The highest BCUT2D eigenvalue weighted by Gasteiger charge is 2.31. The molecule has 2 aromatic rings. The van der Waals surface area contributed by atoms with Crippen LogP contribution in [0, 0.1) is 12.8 Å². The van der Waals surface area contributed by atoms with Crippen molar-refractivity contribution in [2.45, 2.75) is 64.6 Å². The van der Waals surface area contributed by atoms with Crippen LogP contribution in [0.5, 0.6) is 0 Å². The van der Waals surface area contributed by atoms with Crippen LogP contribution in [-0.2, 0) is 17.7 Å². The summed E-state index contributed by atoms with van der Waals surface area (Å²) in [6.07, 6.45) is 6.49. The molecule has 0 radical (unpaired) electrons. The van der Waals surface area contributed by atoms with Crippen LogP contribution in [0.3, 0.4) is 0 Å². The van der Waals surface area contributed by atoms with Crippen molar-refractivity contribution in [1.82, 2.24) is 15.1 Å². The molecule has 0 N–H and O–H groups in total. The van der Waals surface area contributed by atoms with E-state index in [0.717, 1.165) is 32.0 Å². The third kappa shape index (κ3) is 3.84. The summed E-state index contributed by atoms with van der Waals surface area (Å²) in [6.45, 7) is 6.74. The van der Waals surface area contributed by atoms with Crippen LogP contribution >= 0.6 is 0 Å². The first-order valence-electron chi connectivity index (χ1n) is 9.93. The average molecular weight is 355 g/mol. The van der Waals surface area contributed by atoms with Gasteiger partial charge < -0.3 is 9.15 Å². The second-order valence-corrected chi connectivity index (χ2v) is 7.79. The van der Waals surface area contributed by atoms with Gasteiger partial charge in [-0.3, -0.25) is 4.90 Å². The fourth-order valence-corrected chi connectivity index (χ4v) is 4.35. The lowest BCUT2D eigenvalue weighted by Gasteiger charge is -2.36. The van der Waals surface area contributed by atoms with E-state index in [1.807, 2.05) is 6.92 Å². The Bertz CT molecular complexity index is 730. The van der Waals surface area contributed by atoms with E-state index in [1.54, 1.807) is 0 Å². The first-order valence-corrected chi connectivity index (χ1v) is 9.93. The van der Waals surface area contributed by atoms with E-state index >= 15 is 0 Å². The molecule has 1 aliphatic carbocycles. The Hall–Kier alpha value is -1.72. The maximum Gasteiger partial charge on any atom is 0.233 e. The van der Waals surface area contributed by atoms with E-state index in [9.17, 15) is 0 Å². The minimum Gasteiger partial charge on any atom is -0.424 e. The third-order valence-electron chi connectivity index (χ3n) is 5.92. The van der Waals surface area contributed by atoms with E-state index in [4.69, 9.17) is 9.15 Å². The smallest absolute Gasteiger partial charge is 0.233 e. The van der Waals surface area contributed by atoms with Gasteiger partial charge >= 0.3 is 0 Å². The molecule has 4 rings (SSSR count). The summed E-state index contributed by atoms with van der Waals surface area (Å²) in [5.74, 6) is 2.04. The van der Waals surface area contributed by atoms with Crippen LogP contribution in [0.25, 0.3) is 0 Å². The van der Waals surface area contributed by atoms with Gasteiger partial charge in [0.05, 0.1) is 18.8 Å². The lowest BCUT2D eigenvalue weighted by molar-refractivity contribution is -0.0216. The number of nitrogens with zero attached hydrogens (tertiary/aromatic N) is 3. The normalized spacial score (nSPS) is 26.6. The molecule has 140 valence electrons. The zero-order chi connectivity index (χ0) is 17.9. The molecule has 1 fully saturated rings.